The second-order valence-electron chi connectivity index (χ2n) is 7.17. The minimum atomic E-state index is -0.214. The minimum Gasteiger partial charge on any atom is -0.497 e. The van der Waals surface area contributed by atoms with Crippen LogP contribution in [0.25, 0.3) is 11.3 Å². The molecule has 0 saturated heterocycles. The van der Waals surface area contributed by atoms with Gasteiger partial charge in [0.2, 0.25) is 0 Å². The fourth-order valence-corrected chi connectivity index (χ4v) is 3.37. The number of carbonyl (C=O) groups excluding carboxylic acids is 1. The van der Waals surface area contributed by atoms with E-state index in [-0.39, 0.29) is 11.8 Å². The number of methoxy groups -OCH3 is 1. The van der Waals surface area contributed by atoms with Gasteiger partial charge in [0.1, 0.15) is 5.75 Å². The highest BCUT2D eigenvalue weighted by atomic mass is 16.5. The molecule has 0 saturated carbocycles. The molecular weight excluding hydrogens is 386 g/mol. The summed E-state index contributed by atoms with van der Waals surface area (Å²) in [5.74, 6) is 0.968. The average molecular weight is 409 g/mol. The number of hydrogen-bond donors (Lipinski definition) is 1. The van der Waals surface area contributed by atoms with Crippen LogP contribution in [0.15, 0.2) is 91.1 Å². The predicted molar refractivity (Wildman–Crippen MR) is 122 cm³/mol. The Kier molecular flexibility index (Phi) is 6.03. The van der Waals surface area contributed by atoms with Gasteiger partial charge in [-0.25, -0.2) is 9.97 Å². The number of anilines is 1. The van der Waals surface area contributed by atoms with Gasteiger partial charge in [-0.05, 0) is 42.0 Å². The molecule has 0 aliphatic carbocycles. The molecule has 0 bridgehead atoms. The van der Waals surface area contributed by atoms with E-state index >= 15 is 0 Å². The van der Waals surface area contributed by atoms with Gasteiger partial charge in [0.25, 0.3) is 5.91 Å². The van der Waals surface area contributed by atoms with Gasteiger partial charge >= 0.3 is 0 Å². The minimum absolute atomic E-state index is 0.0574. The molecule has 5 nitrogen and oxygen atoms in total. The molecule has 1 N–H and O–H groups in total. The van der Waals surface area contributed by atoms with Crippen molar-refractivity contribution in [3.63, 3.8) is 0 Å². The molecule has 5 heteroatoms. The standard InChI is InChI=1S/C26H23N3O2/c1-18(19-9-5-3-6-10-19)24-25(29-26(30)21-11-7-4-8-12-21)27-17-23(28-24)20-13-15-22(31-2)16-14-20/h3-18H,1-2H3,(H,27,29,30). The molecule has 1 aromatic heterocycles. The van der Waals surface area contributed by atoms with Crippen LogP contribution >= 0.6 is 0 Å². The first-order valence-corrected chi connectivity index (χ1v) is 10.1. The number of benzene rings is 3. The summed E-state index contributed by atoms with van der Waals surface area (Å²) in [7, 11) is 1.64. The molecule has 3 aromatic carbocycles. The van der Waals surface area contributed by atoms with Crippen LogP contribution in [-0.2, 0) is 0 Å². The third-order valence-electron chi connectivity index (χ3n) is 5.16. The maximum atomic E-state index is 12.8. The Morgan fingerprint density at radius 3 is 2.19 bits per heavy atom. The van der Waals surface area contributed by atoms with Crippen molar-refractivity contribution < 1.29 is 9.53 Å². The first kappa shape index (κ1) is 20.3. The van der Waals surface area contributed by atoms with E-state index in [4.69, 9.17) is 9.72 Å². The summed E-state index contributed by atoms with van der Waals surface area (Å²) in [4.78, 5) is 22.2. The Morgan fingerprint density at radius 1 is 0.903 bits per heavy atom. The van der Waals surface area contributed by atoms with E-state index in [2.05, 4.69) is 29.4 Å². The Morgan fingerprint density at radius 2 is 1.55 bits per heavy atom. The second-order valence-corrected chi connectivity index (χ2v) is 7.17. The van der Waals surface area contributed by atoms with E-state index in [1.807, 2.05) is 60.7 Å². The van der Waals surface area contributed by atoms with Crippen LogP contribution in [0.2, 0.25) is 0 Å². The molecule has 1 amide bonds. The number of nitrogens with one attached hydrogen (secondary N) is 1. The van der Waals surface area contributed by atoms with Gasteiger partial charge in [-0.2, -0.15) is 0 Å². The van der Waals surface area contributed by atoms with Crippen molar-refractivity contribution in [3.05, 3.63) is 108 Å². The third-order valence-corrected chi connectivity index (χ3v) is 5.16. The van der Waals surface area contributed by atoms with Crippen molar-refractivity contribution in [2.45, 2.75) is 12.8 Å². The van der Waals surface area contributed by atoms with Gasteiger partial charge in [-0.15, -0.1) is 0 Å². The molecule has 1 unspecified atom stereocenters. The summed E-state index contributed by atoms with van der Waals surface area (Å²) < 4.78 is 5.25. The normalized spacial score (nSPS) is 11.5. The second kappa shape index (κ2) is 9.22. The lowest BCUT2D eigenvalue weighted by atomic mass is 9.97. The zero-order chi connectivity index (χ0) is 21.6. The van der Waals surface area contributed by atoms with Crippen molar-refractivity contribution in [1.82, 2.24) is 9.97 Å². The summed E-state index contributed by atoms with van der Waals surface area (Å²) >= 11 is 0. The maximum absolute atomic E-state index is 12.8. The van der Waals surface area contributed by atoms with Gasteiger partial charge in [0.05, 0.1) is 24.7 Å². The number of aromatic nitrogens is 2. The molecule has 0 radical (unpaired) electrons. The van der Waals surface area contributed by atoms with Crippen molar-refractivity contribution in [2.24, 2.45) is 0 Å². The average Bonchev–Trinajstić information content (AvgIpc) is 2.85. The fraction of sp³-hybridized carbons (Fsp3) is 0.115. The summed E-state index contributed by atoms with van der Waals surface area (Å²) in [6.07, 6.45) is 1.68. The smallest absolute Gasteiger partial charge is 0.256 e. The van der Waals surface area contributed by atoms with E-state index in [0.29, 0.717) is 17.1 Å². The van der Waals surface area contributed by atoms with E-state index in [1.165, 1.54) is 0 Å². The summed E-state index contributed by atoms with van der Waals surface area (Å²) in [5, 5.41) is 2.94. The van der Waals surface area contributed by atoms with E-state index < -0.39 is 0 Å². The Balaban J connectivity index is 1.73. The number of amides is 1. The molecule has 0 aliphatic rings. The zero-order valence-electron chi connectivity index (χ0n) is 17.4. The van der Waals surface area contributed by atoms with Crippen molar-refractivity contribution in [2.75, 3.05) is 12.4 Å². The summed E-state index contributed by atoms with van der Waals surface area (Å²) in [5.41, 5.74) is 4.04. The molecular formula is C26H23N3O2. The molecule has 31 heavy (non-hydrogen) atoms. The quantitative estimate of drug-likeness (QED) is 0.453. The lowest BCUT2D eigenvalue weighted by Gasteiger charge is -2.17. The Hall–Kier alpha value is -3.99. The van der Waals surface area contributed by atoms with Crippen molar-refractivity contribution >= 4 is 11.7 Å². The van der Waals surface area contributed by atoms with Crippen LogP contribution < -0.4 is 10.1 Å². The summed E-state index contributed by atoms with van der Waals surface area (Å²) in [6.45, 7) is 2.06. The molecule has 4 rings (SSSR count). The van der Waals surface area contributed by atoms with Gasteiger partial charge in [0, 0.05) is 17.0 Å². The maximum Gasteiger partial charge on any atom is 0.256 e. The first-order valence-electron chi connectivity index (χ1n) is 10.1. The zero-order valence-corrected chi connectivity index (χ0v) is 17.4. The molecule has 154 valence electrons. The Bertz CT molecular complexity index is 1160. The first-order chi connectivity index (χ1) is 15.2. The highest BCUT2D eigenvalue weighted by molar-refractivity contribution is 6.04. The van der Waals surface area contributed by atoms with Gasteiger partial charge in [0.15, 0.2) is 5.82 Å². The number of ether oxygens (including phenoxy) is 1. The fourth-order valence-electron chi connectivity index (χ4n) is 3.37. The number of nitrogens with zero attached hydrogens (tertiary/aromatic N) is 2. The number of carbonyl (C=O) groups is 1. The SMILES string of the molecule is COc1ccc(-c2cnc(NC(=O)c3ccccc3)c(C(C)c3ccccc3)n2)cc1. The van der Waals surface area contributed by atoms with E-state index in [9.17, 15) is 4.79 Å². The lowest BCUT2D eigenvalue weighted by Crippen LogP contribution is -2.16. The third kappa shape index (κ3) is 4.61. The molecule has 0 fully saturated rings. The van der Waals surface area contributed by atoms with Crippen LogP contribution in [0.5, 0.6) is 5.75 Å². The van der Waals surface area contributed by atoms with E-state index in [0.717, 1.165) is 22.6 Å². The molecule has 1 heterocycles. The topological polar surface area (TPSA) is 64.1 Å². The van der Waals surface area contributed by atoms with Crippen LogP contribution in [-0.4, -0.2) is 23.0 Å². The van der Waals surface area contributed by atoms with Crippen LogP contribution in [0.4, 0.5) is 5.82 Å². The van der Waals surface area contributed by atoms with Crippen LogP contribution in [0.1, 0.15) is 34.5 Å². The number of rotatable bonds is 6. The van der Waals surface area contributed by atoms with Crippen LogP contribution in [0.3, 0.4) is 0 Å². The van der Waals surface area contributed by atoms with Crippen molar-refractivity contribution in [3.8, 4) is 17.0 Å². The van der Waals surface area contributed by atoms with Gasteiger partial charge < -0.3 is 10.1 Å². The van der Waals surface area contributed by atoms with E-state index in [1.54, 1.807) is 25.4 Å². The highest BCUT2D eigenvalue weighted by Crippen LogP contribution is 2.30. The highest BCUT2D eigenvalue weighted by Gasteiger charge is 2.19. The summed E-state index contributed by atoms with van der Waals surface area (Å²) in [6, 6.07) is 26.8. The predicted octanol–water partition coefficient (Wildman–Crippen LogP) is 5.56. The number of hydrogen-bond acceptors (Lipinski definition) is 4. The largest absolute Gasteiger partial charge is 0.497 e. The molecule has 0 spiro atoms. The molecule has 0 aliphatic heterocycles. The van der Waals surface area contributed by atoms with Gasteiger partial charge in [-0.1, -0.05) is 55.5 Å². The monoisotopic (exact) mass is 409 g/mol. The Labute approximate surface area is 181 Å². The lowest BCUT2D eigenvalue weighted by molar-refractivity contribution is 0.102. The molecule has 4 aromatic rings. The molecule has 1 atom stereocenters. The van der Waals surface area contributed by atoms with Crippen molar-refractivity contribution in [1.29, 1.82) is 0 Å². The van der Waals surface area contributed by atoms with Crippen LogP contribution in [0, 0.1) is 0 Å². The van der Waals surface area contributed by atoms with Gasteiger partial charge in [-0.3, -0.25) is 4.79 Å².